The van der Waals surface area contributed by atoms with Crippen LogP contribution in [-0.4, -0.2) is 30.1 Å². The third kappa shape index (κ3) is 3.15. The minimum absolute atomic E-state index is 0.0184. The minimum Gasteiger partial charge on any atom is -0.464 e. The van der Waals surface area contributed by atoms with Crippen molar-refractivity contribution in [3.05, 3.63) is 32.5 Å². The third-order valence-electron chi connectivity index (χ3n) is 3.34. The molecule has 114 valence electrons. The van der Waals surface area contributed by atoms with Gasteiger partial charge in [0.1, 0.15) is 17.5 Å². The summed E-state index contributed by atoms with van der Waals surface area (Å²) in [7, 11) is 0. The van der Waals surface area contributed by atoms with Crippen molar-refractivity contribution in [3.8, 4) is 0 Å². The van der Waals surface area contributed by atoms with Crippen LogP contribution in [0.1, 0.15) is 19.8 Å². The summed E-state index contributed by atoms with van der Waals surface area (Å²) in [6.07, 6.45) is 1.23. The van der Waals surface area contributed by atoms with E-state index in [-0.39, 0.29) is 22.5 Å². The highest BCUT2D eigenvalue weighted by atomic mass is 79.9. The van der Waals surface area contributed by atoms with E-state index in [0.717, 1.165) is 12.1 Å². The summed E-state index contributed by atoms with van der Waals surface area (Å²) in [5.74, 6) is -1.04. The lowest BCUT2D eigenvalue weighted by Gasteiger charge is -2.25. The van der Waals surface area contributed by atoms with Crippen LogP contribution < -0.4 is 4.90 Å². The average Bonchev–Trinajstić information content (AvgIpc) is 2.90. The van der Waals surface area contributed by atoms with Crippen LogP contribution in [0.15, 0.2) is 16.6 Å². The molecule has 1 saturated heterocycles. The lowest BCUT2D eigenvalue weighted by molar-refractivity contribution is -0.384. The molecule has 0 aliphatic carbocycles. The predicted octanol–water partition coefficient (Wildman–Crippen LogP) is 3.03. The fourth-order valence-electron chi connectivity index (χ4n) is 2.44. The summed E-state index contributed by atoms with van der Waals surface area (Å²) in [6.45, 7) is 2.38. The number of ether oxygens (including phenoxy) is 1. The molecule has 0 amide bonds. The Morgan fingerprint density at radius 2 is 2.33 bits per heavy atom. The van der Waals surface area contributed by atoms with E-state index in [2.05, 4.69) is 15.9 Å². The molecule has 0 radical (unpaired) electrons. The van der Waals surface area contributed by atoms with Crippen LogP contribution in [0.2, 0.25) is 0 Å². The van der Waals surface area contributed by atoms with Gasteiger partial charge in [-0.15, -0.1) is 0 Å². The Bertz CT molecular complexity index is 582. The van der Waals surface area contributed by atoms with E-state index in [1.807, 2.05) is 0 Å². The zero-order valence-corrected chi connectivity index (χ0v) is 12.9. The molecule has 1 aliphatic rings. The first-order chi connectivity index (χ1) is 9.95. The highest BCUT2D eigenvalue weighted by Gasteiger charge is 2.36. The Balaban J connectivity index is 2.42. The molecule has 0 spiro atoms. The van der Waals surface area contributed by atoms with Crippen LogP contribution in [-0.2, 0) is 9.53 Å². The maximum Gasteiger partial charge on any atom is 0.328 e. The summed E-state index contributed by atoms with van der Waals surface area (Å²) in [5.41, 5.74) is -0.129. The van der Waals surface area contributed by atoms with E-state index >= 15 is 0 Å². The Hall–Kier alpha value is -1.70. The molecule has 2 rings (SSSR count). The monoisotopic (exact) mass is 360 g/mol. The topological polar surface area (TPSA) is 72.7 Å². The fraction of sp³-hybridized carbons (Fsp3) is 0.462. The maximum absolute atomic E-state index is 13.7. The van der Waals surface area contributed by atoms with Gasteiger partial charge in [0.2, 0.25) is 0 Å². The summed E-state index contributed by atoms with van der Waals surface area (Å²) in [5, 5.41) is 11.2. The Kier molecular flexibility index (Phi) is 4.76. The van der Waals surface area contributed by atoms with Crippen LogP contribution >= 0.6 is 15.9 Å². The SMILES string of the molecule is CCOC(=O)C1CCCN1c1cc(F)c(Br)cc1[N+](=O)[O-]. The smallest absolute Gasteiger partial charge is 0.328 e. The molecule has 0 N–H and O–H groups in total. The molecule has 0 bridgehead atoms. The van der Waals surface area contributed by atoms with E-state index < -0.39 is 22.8 Å². The van der Waals surface area contributed by atoms with Gasteiger partial charge in [0.25, 0.3) is 5.69 Å². The van der Waals surface area contributed by atoms with Crippen molar-refractivity contribution in [2.75, 3.05) is 18.1 Å². The van der Waals surface area contributed by atoms with Crippen LogP contribution in [0.25, 0.3) is 0 Å². The number of carbonyl (C=O) groups is 1. The first-order valence-electron chi connectivity index (χ1n) is 6.52. The van der Waals surface area contributed by atoms with Crippen LogP contribution in [0.3, 0.4) is 0 Å². The summed E-state index contributed by atoms with van der Waals surface area (Å²) >= 11 is 2.94. The molecule has 21 heavy (non-hydrogen) atoms. The molecule has 1 fully saturated rings. The van der Waals surface area contributed by atoms with Crippen LogP contribution in [0.5, 0.6) is 0 Å². The number of nitrogens with zero attached hydrogens (tertiary/aromatic N) is 2. The molecular formula is C13H14BrFN2O4. The second kappa shape index (κ2) is 6.38. The average molecular weight is 361 g/mol. The van der Waals surface area contributed by atoms with E-state index in [0.29, 0.717) is 19.4 Å². The van der Waals surface area contributed by atoms with E-state index in [4.69, 9.17) is 4.74 Å². The minimum atomic E-state index is -0.607. The quantitative estimate of drug-likeness (QED) is 0.468. The molecule has 1 aromatic rings. The van der Waals surface area contributed by atoms with E-state index in [1.54, 1.807) is 11.8 Å². The maximum atomic E-state index is 13.7. The highest BCUT2D eigenvalue weighted by Crippen LogP contribution is 2.37. The Morgan fingerprint density at radius 1 is 1.62 bits per heavy atom. The summed E-state index contributed by atoms with van der Waals surface area (Å²) < 4.78 is 18.7. The van der Waals surface area contributed by atoms with Gasteiger partial charge < -0.3 is 9.64 Å². The molecule has 0 aromatic heterocycles. The van der Waals surface area contributed by atoms with Gasteiger partial charge in [-0.05, 0) is 35.7 Å². The number of anilines is 1. The number of hydrogen-bond acceptors (Lipinski definition) is 5. The van der Waals surface area contributed by atoms with Crippen LogP contribution in [0, 0.1) is 15.9 Å². The molecular weight excluding hydrogens is 347 g/mol. The van der Waals surface area contributed by atoms with Crippen molar-refractivity contribution in [3.63, 3.8) is 0 Å². The number of benzene rings is 1. The molecule has 0 saturated carbocycles. The fourth-order valence-corrected chi connectivity index (χ4v) is 2.77. The largest absolute Gasteiger partial charge is 0.464 e. The van der Waals surface area contributed by atoms with Gasteiger partial charge in [0.05, 0.1) is 16.0 Å². The van der Waals surface area contributed by atoms with Crippen molar-refractivity contribution in [1.82, 2.24) is 0 Å². The Labute approximate surface area is 129 Å². The van der Waals surface area contributed by atoms with Crippen molar-refractivity contribution in [2.24, 2.45) is 0 Å². The van der Waals surface area contributed by atoms with E-state index in [1.165, 1.54) is 0 Å². The van der Waals surface area contributed by atoms with Gasteiger partial charge >= 0.3 is 5.97 Å². The van der Waals surface area contributed by atoms with Crippen molar-refractivity contribution < 1.29 is 18.8 Å². The second-order valence-electron chi connectivity index (χ2n) is 4.62. The first kappa shape index (κ1) is 15.7. The normalized spacial score (nSPS) is 17.9. The number of halogens is 2. The van der Waals surface area contributed by atoms with Gasteiger partial charge in [-0.3, -0.25) is 10.1 Å². The molecule has 1 aromatic carbocycles. The number of esters is 1. The first-order valence-corrected chi connectivity index (χ1v) is 7.31. The molecule has 8 heteroatoms. The third-order valence-corrected chi connectivity index (χ3v) is 3.94. The molecule has 1 atom stereocenters. The lowest BCUT2D eigenvalue weighted by Crippen LogP contribution is -2.37. The molecule has 1 heterocycles. The number of carbonyl (C=O) groups excluding carboxylic acids is 1. The number of nitro benzene ring substituents is 1. The molecule has 6 nitrogen and oxygen atoms in total. The zero-order chi connectivity index (χ0) is 15.6. The zero-order valence-electron chi connectivity index (χ0n) is 11.3. The Morgan fingerprint density at radius 3 is 2.95 bits per heavy atom. The predicted molar refractivity (Wildman–Crippen MR) is 77.8 cm³/mol. The van der Waals surface area contributed by atoms with Crippen LogP contribution in [0.4, 0.5) is 15.8 Å². The number of nitro groups is 1. The number of rotatable bonds is 4. The highest BCUT2D eigenvalue weighted by molar-refractivity contribution is 9.10. The van der Waals surface area contributed by atoms with Gasteiger partial charge in [-0.2, -0.15) is 0 Å². The van der Waals surface area contributed by atoms with Gasteiger partial charge in [-0.25, -0.2) is 9.18 Å². The van der Waals surface area contributed by atoms with Gasteiger partial charge in [0, 0.05) is 18.7 Å². The van der Waals surface area contributed by atoms with Crippen molar-refractivity contribution in [2.45, 2.75) is 25.8 Å². The summed E-state index contributed by atoms with van der Waals surface area (Å²) in [6, 6.07) is 1.59. The molecule has 1 unspecified atom stereocenters. The van der Waals surface area contributed by atoms with Gasteiger partial charge in [0.15, 0.2) is 0 Å². The molecule has 1 aliphatic heterocycles. The van der Waals surface area contributed by atoms with Crippen molar-refractivity contribution >= 4 is 33.3 Å². The lowest BCUT2D eigenvalue weighted by atomic mass is 10.2. The summed E-state index contributed by atoms with van der Waals surface area (Å²) in [4.78, 5) is 24.1. The van der Waals surface area contributed by atoms with Crippen molar-refractivity contribution in [1.29, 1.82) is 0 Å². The van der Waals surface area contributed by atoms with E-state index in [9.17, 15) is 19.3 Å². The second-order valence-corrected chi connectivity index (χ2v) is 5.47. The number of hydrogen-bond donors (Lipinski definition) is 0. The standard InChI is InChI=1S/C13H14BrFN2O4/c1-2-21-13(18)10-4-3-5-16(10)11-7-9(15)8(14)6-12(11)17(19)20/h6-7,10H,2-5H2,1H3. The van der Waals surface area contributed by atoms with Gasteiger partial charge in [-0.1, -0.05) is 0 Å².